The maximum atomic E-state index is 14.2. The number of hydrogen-bond donors (Lipinski definition) is 1. The first-order chi connectivity index (χ1) is 17.4. The average molecular weight is 573 g/mol. The van der Waals surface area contributed by atoms with Crippen molar-refractivity contribution in [3.05, 3.63) is 104 Å². The number of aryl methyl sites for hydroxylation is 1. The van der Waals surface area contributed by atoms with Crippen LogP contribution in [0.4, 0.5) is 17.6 Å². The summed E-state index contributed by atoms with van der Waals surface area (Å²) < 4.78 is 70.7. The SMILES string of the molecule is Cc1cc(C2=NOC(c3cc(Cl)cc(Cl)c3)(C(F)(F)F)C2)ccc1C(=O)NS(=O)Cc1cccc(F)c1. The number of amides is 1. The van der Waals surface area contributed by atoms with Crippen molar-refractivity contribution in [1.82, 2.24) is 4.72 Å². The van der Waals surface area contributed by atoms with E-state index in [1.54, 1.807) is 13.0 Å². The van der Waals surface area contributed by atoms with E-state index in [2.05, 4.69) is 9.88 Å². The summed E-state index contributed by atoms with van der Waals surface area (Å²) in [5.74, 6) is -1.23. The van der Waals surface area contributed by atoms with Crippen LogP contribution in [-0.2, 0) is 27.2 Å². The second-order valence-electron chi connectivity index (χ2n) is 8.37. The predicted octanol–water partition coefficient (Wildman–Crippen LogP) is 6.62. The molecule has 1 aliphatic rings. The molecule has 0 saturated carbocycles. The van der Waals surface area contributed by atoms with Gasteiger partial charge >= 0.3 is 6.18 Å². The molecular formula is C25H18Cl2F4N2O3S. The zero-order valence-electron chi connectivity index (χ0n) is 19.0. The highest BCUT2D eigenvalue weighted by molar-refractivity contribution is 7.82. The highest BCUT2D eigenvalue weighted by Crippen LogP contribution is 2.49. The third-order valence-electron chi connectivity index (χ3n) is 5.71. The maximum absolute atomic E-state index is 14.2. The molecule has 2 unspecified atom stereocenters. The summed E-state index contributed by atoms with van der Waals surface area (Å²) in [5, 5.41) is 3.75. The van der Waals surface area contributed by atoms with Crippen molar-refractivity contribution in [3.8, 4) is 0 Å². The number of oxime groups is 1. The van der Waals surface area contributed by atoms with E-state index in [4.69, 9.17) is 28.0 Å². The Morgan fingerprint density at radius 2 is 1.81 bits per heavy atom. The lowest BCUT2D eigenvalue weighted by atomic mass is 9.86. The summed E-state index contributed by atoms with van der Waals surface area (Å²) in [5.41, 5.74) is -1.72. The molecule has 1 amide bonds. The van der Waals surface area contributed by atoms with E-state index in [1.165, 1.54) is 42.5 Å². The van der Waals surface area contributed by atoms with Crippen LogP contribution in [0.1, 0.15) is 39.0 Å². The van der Waals surface area contributed by atoms with Gasteiger partial charge in [-0.25, -0.2) is 8.60 Å². The summed E-state index contributed by atoms with van der Waals surface area (Å²) >= 11 is 11.9. The quantitative estimate of drug-likeness (QED) is 0.338. The third kappa shape index (κ3) is 5.81. The molecule has 0 spiro atoms. The number of carbonyl (C=O) groups is 1. The summed E-state index contributed by atoms with van der Waals surface area (Å²) in [6.07, 6.45) is -5.48. The van der Waals surface area contributed by atoms with Gasteiger partial charge in [0.05, 0.1) is 11.5 Å². The van der Waals surface area contributed by atoms with Gasteiger partial charge in [-0.05, 0) is 66.1 Å². The van der Waals surface area contributed by atoms with Gasteiger partial charge in [-0.3, -0.25) is 9.52 Å². The fourth-order valence-electron chi connectivity index (χ4n) is 3.92. The van der Waals surface area contributed by atoms with Gasteiger partial charge in [0.1, 0.15) is 16.8 Å². The topological polar surface area (TPSA) is 67.8 Å². The first kappa shape index (κ1) is 27.1. The lowest BCUT2D eigenvalue weighted by molar-refractivity contribution is -0.275. The molecule has 3 aromatic rings. The van der Waals surface area contributed by atoms with Gasteiger partial charge in [-0.2, -0.15) is 13.2 Å². The Labute approximate surface area is 222 Å². The lowest BCUT2D eigenvalue weighted by Crippen LogP contribution is -2.42. The molecule has 4 rings (SSSR count). The molecule has 0 aliphatic carbocycles. The first-order valence-corrected chi connectivity index (χ1v) is 12.8. The van der Waals surface area contributed by atoms with Gasteiger partial charge in [-0.1, -0.05) is 46.6 Å². The highest BCUT2D eigenvalue weighted by atomic mass is 35.5. The molecule has 37 heavy (non-hydrogen) atoms. The Bertz CT molecular complexity index is 1410. The van der Waals surface area contributed by atoms with Crippen LogP contribution in [0, 0.1) is 12.7 Å². The van der Waals surface area contributed by atoms with Crippen molar-refractivity contribution in [2.45, 2.75) is 30.9 Å². The Balaban J connectivity index is 1.52. The molecule has 0 bridgehead atoms. The molecule has 0 saturated heterocycles. The van der Waals surface area contributed by atoms with Crippen LogP contribution in [0.15, 0.2) is 65.8 Å². The highest BCUT2D eigenvalue weighted by Gasteiger charge is 2.62. The lowest BCUT2D eigenvalue weighted by Gasteiger charge is -2.29. The maximum Gasteiger partial charge on any atom is 0.435 e. The Morgan fingerprint density at radius 1 is 1.11 bits per heavy atom. The second kappa shape index (κ2) is 10.4. The Morgan fingerprint density at radius 3 is 2.43 bits per heavy atom. The van der Waals surface area contributed by atoms with Gasteiger partial charge in [0.2, 0.25) is 0 Å². The molecule has 12 heteroatoms. The van der Waals surface area contributed by atoms with Crippen LogP contribution in [0.3, 0.4) is 0 Å². The molecule has 0 aromatic heterocycles. The van der Waals surface area contributed by atoms with Crippen LogP contribution in [0.25, 0.3) is 0 Å². The molecule has 1 N–H and O–H groups in total. The second-order valence-corrected chi connectivity index (χ2v) is 10.4. The molecule has 3 aromatic carbocycles. The van der Waals surface area contributed by atoms with E-state index in [9.17, 15) is 26.6 Å². The molecule has 0 radical (unpaired) electrons. The largest absolute Gasteiger partial charge is 0.435 e. The molecule has 5 nitrogen and oxygen atoms in total. The smallest absolute Gasteiger partial charge is 0.374 e. The van der Waals surface area contributed by atoms with Crippen molar-refractivity contribution >= 4 is 45.8 Å². The van der Waals surface area contributed by atoms with E-state index in [1.807, 2.05) is 0 Å². The van der Waals surface area contributed by atoms with E-state index >= 15 is 0 Å². The molecule has 1 heterocycles. The number of carbonyl (C=O) groups excluding carboxylic acids is 1. The van der Waals surface area contributed by atoms with Crippen molar-refractivity contribution in [1.29, 1.82) is 0 Å². The zero-order chi connectivity index (χ0) is 27.0. The van der Waals surface area contributed by atoms with Crippen LogP contribution >= 0.6 is 23.2 Å². The van der Waals surface area contributed by atoms with E-state index in [0.717, 1.165) is 12.1 Å². The molecule has 194 valence electrons. The van der Waals surface area contributed by atoms with E-state index < -0.39 is 40.9 Å². The number of alkyl halides is 3. The molecule has 2 atom stereocenters. The zero-order valence-corrected chi connectivity index (χ0v) is 21.4. The van der Waals surface area contributed by atoms with Crippen molar-refractivity contribution < 1.29 is 31.4 Å². The monoisotopic (exact) mass is 572 g/mol. The predicted molar refractivity (Wildman–Crippen MR) is 133 cm³/mol. The van der Waals surface area contributed by atoms with Gasteiger partial charge in [0.15, 0.2) is 0 Å². The average Bonchev–Trinajstić information content (AvgIpc) is 3.25. The van der Waals surface area contributed by atoms with Gasteiger partial charge in [-0.15, -0.1) is 0 Å². The minimum absolute atomic E-state index is 0.0122. The van der Waals surface area contributed by atoms with E-state index in [0.29, 0.717) is 16.7 Å². The normalized spacial score (nSPS) is 18.2. The number of hydrogen-bond acceptors (Lipinski definition) is 4. The van der Waals surface area contributed by atoms with E-state index in [-0.39, 0.29) is 32.6 Å². The fourth-order valence-corrected chi connectivity index (χ4v) is 5.31. The minimum atomic E-state index is -4.84. The number of benzene rings is 3. The third-order valence-corrected chi connectivity index (χ3v) is 7.16. The summed E-state index contributed by atoms with van der Waals surface area (Å²) in [6, 6.07) is 13.4. The summed E-state index contributed by atoms with van der Waals surface area (Å²) in [7, 11) is -1.83. The van der Waals surface area contributed by atoms with Crippen molar-refractivity contribution in [2.24, 2.45) is 5.16 Å². The minimum Gasteiger partial charge on any atom is -0.374 e. The summed E-state index contributed by atoms with van der Waals surface area (Å²) in [6.45, 7) is 1.58. The first-order valence-electron chi connectivity index (χ1n) is 10.7. The number of nitrogens with zero attached hydrogens (tertiary/aromatic N) is 1. The number of nitrogens with one attached hydrogen (secondary N) is 1. The van der Waals surface area contributed by atoms with Crippen LogP contribution in [0.5, 0.6) is 0 Å². The van der Waals surface area contributed by atoms with Crippen molar-refractivity contribution in [2.75, 3.05) is 0 Å². The molecule has 1 aliphatic heterocycles. The molecular weight excluding hydrogens is 555 g/mol. The summed E-state index contributed by atoms with van der Waals surface area (Å²) in [4.78, 5) is 17.6. The van der Waals surface area contributed by atoms with Crippen LogP contribution in [0.2, 0.25) is 10.0 Å². The van der Waals surface area contributed by atoms with Gasteiger partial charge in [0.25, 0.3) is 11.5 Å². The van der Waals surface area contributed by atoms with Crippen LogP contribution < -0.4 is 4.72 Å². The Hall–Kier alpha value is -2.95. The Kier molecular flexibility index (Phi) is 7.64. The number of rotatable bonds is 6. The fraction of sp³-hybridized carbons (Fsp3) is 0.200. The van der Waals surface area contributed by atoms with Crippen LogP contribution in [-0.4, -0.2) is 22.0 Å². The standard InChI is InChI=1S/C25H18Cl2F4N2O3S/c1-14-7-16(5-6-21(14)23(34)33-37(35)13-15-3-2-4-20(28)8-15)22-12-24(36-32-22,25(29,30)31)17-9-18(26)11-19(27)10-17/h2-11H,12-13H2,1H3,(H,33,34). The van der Waals surface area contributed by atoms with Crippen molar-refractivity contribution in [3.63, 3.8) is 0 Å². The number of halogens is 6. The molecule has 0 fully saturated rings. The van der Waals surface area contributed by atoms with Gasteiger partial charge in [0, 0.05) is 27.6 Å². The van der Waals surface area contributed by atoms with Gasteiger partial charge < -0.3 is 4.84 Å².